The second-order valence-electron chi connectivity index (χ2n) is 9.23. The largest absolute Gasteiger partial charge is 0.444 e. The molecule has 1 heterocycles. The zero-order valence-corrected chi connectivity index (χ0v) is 17.1. The van der Waals surface area contributed by atoms with Crippen LogP contribution < -0.4 is 5.32 Å². The van der Waals surface area contributed by atoms with Crippen LogP contribution >= 0.6 is 0 Å². The van der Waals surface area contributed by atoms with Crippen molar-refractivity contribution in [2.75, 3.05) is 0 Å². The number of hydrogen-bond donors (Lipinski definition) is 1. The van der Waals surface area contributed by atoms with Gasteiger partial charge in [0.1, 0.15) is 11.6 Å². The lowest BCUT2D eigenvalue weighted by atomic mass is 9.84. The topological polar surface area (TPSA) is 58.6 Å². The van der Waals surface area contributed by atoms with Gasteiger partial charge in [0.15, 0.2) is 0 Å². The second-order valence-corrected chi connectivity index (χ2v) is 9.23. The van der Waals surface area contributed by atoms with E-state index in [9.17, 15) is 9.59 Å². The number of ether oxygens (including phenoxy) is 1. The van der Waals surface area contributed by atoms with Gasteiger partial charge in [-0.2, -0.15) is 0 Å². The fourth-order valence-electron chi connectivity index (χ4n) is 3.21. The third-order valence-corrected chi connectivity index (χ3v) is 4.56. The smallest absolute Gasteiger partial charge is 0.408 e. The first-order valence-electron chi connectivity index (χ1n) is 9.25. The standard InChI is InChI=1S/C21H32N2O3/c1-14-12-15-10-8-9-11-16(15)13-23(14)18(24)17(20(2,3)4)22-19(25)26-21(5,6)7/h8-11,14,17H,12-13H2,1-7H3,(H,22,25). The molecule has 2 rings (SSSR count). The monoisotopic (exact) mass is 360 g/mol. The van der Waals surface area contributed by atoms with E-state index in [4.69, 9.17) is 4.74 Å². The Labute approximate surface area is 157 Å². The van der Waals surface area contributed by atoms with Crippen molar-refractivity contribution in [1.29, 1.82) is 0 Å². The maximum atomic E-state index is 13.3. The van der Waals surface area contributed by atoms with Crippen LogP contribution in [0.4, 0.5) is 4.79 Å². The summed E-state index contributed by atoms with van der Waals surface area (Å²) in [6, 6.07) is 7.65. The summed E-state index contributed by atoms with van der Waals surface area (Å²) in [5, 5.41) is 2.80. The van der Waals surface area contributed by atoms with Gasteiger partial charge in [-0.1, -0.05) is 45.0 Å². The van der Waals surface area contributed by atoms with Crippen molar-refractivity contribution in [1.82, 2.24) is 10.2 Å². The Morgan fingerprint density at radius 1 is 1.12 bits per heavy atom. The van der Waals surface area contributed by atoms with Gasteiger partial charge >= 0.3 is 6.09 Å². The van der Waals surface area contributed by atoms with Gasteiger partial charge in [0.05, 0.1) is 0 Å². The summed E-state index contributed by atoms with van der Waals surface area (Å²) < 4.78 is 5.36. The summed E-state index contributed by atoms with van der Waals surface area (Å²) in [4.78, 5) is 27.5. The van der Waals surface area contributed by atoms with Crippen molar-refractivity contribution < 1.29 is 14.3 Å². The summed E-state index contributed by atoms with van der Waals surface area (Å²) in [7, 11) is 0. The molecule has 1 aliphatic rings. The number of alkyl carbamates (subject to hydrolysis) is 1. The lowest BCUT2D eigenvalue weighted by molar-refractivity contribution is -0.139. The van der Waals surface area contributed by atoms with Crippen LogP contribution in [-0.2, 0) is 22.5 Å². The zero-order valence-electron chi connectivity index (χ0n) is 17.1. The number of rotatable bonds is 2. The third-order valence-electron chi connectivity index (χ3n) is 4.56. The molecule has 5 nitrogen and oxygen atoms in total. The molecule has 1 aliphatic heterocycles. The van der Waals surface area contributed by atoms with Gasteiger partial charge in [-0.3, -0.25) is 4.79 Å². The third kappa shape index (κ3) is 4.99. The van der Waals surface area contributed by atoms with E-state index in [0.717, 1.165) is 6.42 Å². The summed E-state index contributed by atoms with van der Waals surface area (Å²) in [5.41, 5.74) is 1.43. The van der Waals surface area contributed by atoms with Crippen molar-refractivity contribution in [2.45, 2.75) is 79.1 Å². The fourth-order valence-corrected chi connectivity index (χ4v) is 3.21. The summed E-state index contributed by atoms with van der Waals surface area (Å²) in [6.45, 7) is 13.9. The van der Waals surface area contributed by atoms with Crippen molar-refractivity contribution in [3.05, 3.63) is 35.4 Å². The number of hydrogen-bond acceptors (Lipinski definition) is 3. The number of nitrogens with one attached hydrogen (secondary N) is 1. The molecule has 1 aromatic rings. The first-order valence-corrected chi connectivity index (χ1v) is 9.25. The van der Waals surface area contributed by atoms with E-state index in [1.807, 2.05) is 58.6 Å². The minimum absolute atomic E-state index is 0.0645. The molecule has 1 N–H and O–H groups in total. The van der Waals surface area contributed by atoms with Crippen LogP contribution in [0, 0.1) is 5.41 Å². The van der Waals surface area contributed by atoms with Gasteiger partial charge in [0.2, 0.25) is 5.91 Å². The second kappa shape index (κ2) is 7.29. The normalized spacial score (nSPS) is 18.7. The lowest BCUT2D eigenvalue weighted by Gasteiger charge is -2.40. The molecule has 0 saturated heterocycles. The minimum atomic E-state index is -0.648. The Morgan fingerprint density at radius 2 is 1.69 bits per heavy atom. The number of amides is 2. The molecule has 26 heavy (non-hydrogen) atoms. The Kier molecular flexibility index (Phi) is 5.69. The molecule has 0 spiro atoms. The van der Waals surface area contributed by atoms with E-state index in [1.54, 1.807) is 0 Å². The van der Waals surface area contributed by atoms with Crippen LogP contribution in [0.25, 0.3) is 0 Å². The first kappa shape index (κ1) is 20.3. The van der Waals surface area contributed by atoms with Crippen LogP contribution in [0.15, 0.2) is 24.3 Å². The number of nitrogens with zero attached hydrogens (tertiary/aromatic N) is 1. The van der Waals surface area contributed by atoms with Crippen LogP contribution in [0.5, 0.6) is 0 Å². The summed E-state index contributed by atoms with van der Waals surface area (Å²) in [5.74, 6) is -0.0645. The molecule has 0 aromatic heterocycles. The van der Waals surface area contributed by atoms with Crippen molar-refractivity contribution in [3.63, 3.8) is 0 Å². The minimum Gasteiger partial charge on any atom is -0.444 e. The summed E-state index contributed by atoms with van der Waals surface area (Å²) >= 11 is 0. The molecule has 2 atom stereocenters. The average Bonchev–Trinajstić information content (AvgIpc) is 2.48. The Morgan fingerprint density at radius 3 is 2.23 bits per heavy atom. The van der Waals surface area contributed by atoms with Gasteiger partial charge in [0.25, 0.3) is 0 Å². The van der Waals surface area contributed by atoms with E-state index in [0.29, 0.717) is 6.54 Å². The zero-order chi connectivity index (χ0) is 19.7. The lowest BCUT2D eigenvalue weighted by Crippen LogP contribution is -2.57. The molecule has 144 valence electrons. The molecule has 2 unspecified atom stereocenters. The molecule has 1 aromatic carbocycles. The summed E-state index contributed by atoms with van der Waals surface area (Å²) in [6.07, 6.45) is 0.265. The molecule has 0 saturated carbocycles. The van der Waals surface area contributed by atoms with Crippen molar-refractivity contribution in [2.24, 2.45) is 5.41 Å². The number of carbonyl (C=O) groups excluding carboxylic acids is 2. The molecule has 2 amide bonds. The fraction of sp³-hybridized carbons (Fsp3) is 0.619. The van der Waals surface area contributed by atoms with Gasteiger partial charge in [-0.05, 0) is 50.7 Å². The van der Waals surface area contributed by atoms with Crippen LogP contribution in [0.1, 0.15) is 59.6 Å². The maximum absolute atomic E-state index is 13.3. The highest BCUT2D eigenvalue weighted by Crippen LogP contribution is 2.28. The van der Waals surface area contributed by atoms with Crippen LogP contribution in [0.2, 0.25) is 0 Å². The van der Waals surface area contributed by atoms with Gasteiger partial charge in [0, 0.05) is 12.6 Å². The highest BCUT2D eigenvalue weighted by molar-refractivity contribution is 5.87. The molecule has 5 heteroatoms. The maximum Gasteiger partial charge on any atom is 0.408 e. The van der Waals surface area contributed by atoms with E-state index >= 15 is 0 Å². The highest BCUT2D eigenvalue weighted by Gasteiger charge is 2.39. The highest BCUT2D eigenvalue weighted by atomic mass is 16.6. The average molecular weight is 360 g/mol. The molecule has 0 fully saturated rings. The van der Waals surface area contributed by atoms with E-state index in [2.05, 4.69) is 24.4 Å². The number of fused-ring (bicyclic) bond motifs is 1. The van der Waals surface area contributed by atoms with Crippen molar-refractivity contribution >= 4 is 12.0 Å². The molecule has 0 aliphatic carbocycles. The predicted molar refractivity (Wildman–Crippen MR) is 103 cm³/mol. The van der Waals surface area contributed by atoms with Crippen LogP contribution in [-0.4, -0.2) is 34.6 Å². The van der Waals surface area contributed by atoms with Crippen LogP contribution in [0.3, 0.4) is 0 Å². The Bertz CT molecular complexity index is 671. The van der Waals surface area contributed by atoms with Gasteiger partial charge in [-0.15, -0.1) is 0 Å². The van der Waals surface area contributed by atoms with Gasteiger partial charge < -0.3 is 15.0 Å². The molecular weight excluding hydrogens is 328 g/mol. The quantitative estimate of drug-likeness (QED) is 0.870. The van der Waals surface area contributed by atoms with Gasteiger partial charge in [-0.25, -0.2) is 4.79 Å². The molecule has 0 bridgehead atoms. The van der Waals surface area contributed by atoms with Crippen molar-refractivity contribution in [3.8, 4) is 0 Å². The number of carbonyl (C=O) groups is 2. The first-order chi connectivity index (χ1) is 11.9. The predicted octanol–water partition coefficient (Wildman–Crippen LogP) is 3.90. The molecular formula is C21H32N2O3. The Balaban J connectivity index is 2.20. The molecule has 0 radical (unpaired) electrons. The Hall–Kier alpha value is -2.04. The SMILES string of the molecule is CC1Cc2ccccc2CN1C(=O)C(NC(=O)OC(C)(C)C)C(C)(C)C. The van der Waals surface area contributed by atoms with E-state index < -0.39 is 23.2 Å². The van der Waals surface area contributed by atoms with E-state index in [-0.39, 0.29) is 11.9 Å². The number of benzene rings is 1. The van der Waals surface area contributed by atoms with E-state index in [1.165, 1.54) is 11.1 Å².